The van der Waals surface area contributed by atoms with Crippen molar-refractivity contribution < 1.29 is 13.2 Å². The van der Waals surface area contributed by atoms with Gasteiger partial charge in [-0.2, -0.15) is 0 Å². The van der Waals surface area contributed by atoms with E-state index in [0.29, 0.717) is 18.4 Å². The van der Waals surface area contributed by atoms with Crippen molar-refractivity contribution in [2.24, 2.45) is 15.8 Å². The molecule has 0 aromatic carbocycles. The topological polar surface area (TPSA) is 79.8 Å². The van der Waals surface area contributed by atoms with Crippen LogP contribution in [-0.2, 0) is 14.6 Å². The Labute approximate surface area is 147 Å². The Morgan fingerprint density at radius 3 is 2.42 bits per heavy atom. The fraction of sp³-hybridized carbons (Fsp3) is 0.941. The third kappa shape index (κ3) is 7.83. The molecule has 1 aliphatic rings. The van der Waals surface area contributed by atoms with Gasteiger partial charge in [0.2, 0.25) is 0 Å². The fourth-order valence-electron chi connectivity index (χ4n) is 2.88. The van der Waals surface area contributed by atoms with Gasteiger partial charge in [-0.25, -0.2) is 8.42 Å². The molecule has 0 heterocycles. The lowest BCUT2D eigenvalue weighted by Gasteiger charge is -2.42. The summed E-state index contributed by atoms with van der Waals surface area (Å²) in [6.07, 6.45) is 6.76. The highest BCUT2D eigenvalue weighted by atomic mass is 32.2. The lowest BCUT2D eigenvalue weighted by molar-refractivity contribution is 0.0732. The first-order valence-electron chi connectivity index (χ1n) is 8.73. The van der Waals surface area contributed by atoms with Crippen LogP contribution in [0, 0.1) is 10.8 Å². The van der Waals surface area contributed by atoms with Crippen molar-refractivity contribution in [2.45, 2.75) is 46.0 Å². The highest BCUT2D eigenvalue weighted by molar-refractivity contribution is 7.90. The molecule has 1 aliphatic carbocycles. The summed E-state index contributed by atoms with van der Waals surface area (Å²) >= 11 is 0. The number of aliphatic imine (C=N–C) groups is 1. The number of hydrogen-bond acceptors (Lipinski definition) is 4. The molecule has 7 heteroatoms. The third-order valence-electron chi connectivity index (χ3n) is 4.99. The van der Waals surface area contributed by atoms with Crippen LogP contribution in [0.5, 0.6) is 0 Å². The molecule has 1 saturated carbocycles. The standard InChI is InChI=1S/C17H35N3O3S/c1-16(2,10-12-24(5,21)22)13-19-15(18-3)20-14-17(7-6-8-17)9-11-23-4/h6-14H2,1-5H3,(H2,18,19,20). The van der Waals surface area contributed by atoms with Crippen LogP contribution in [0.2, 0.25) is 0 Å². The minimum absolute atomic E-state index is 0.106. The van der Waals surface area contributed by atoms with Crippen LogP contribution in [0.4, 0.5) is 0 Å². The number of rotatable bonds is 10. The Kier molecular flexibility index (Phi) is 7.99. The number of nitrogens with one attached hydrogen (secondary N) is 2. The van der Waals surface area contributed by atoms with E-state index in [1.165, 1.54) is 25.5 Å². The summed E-state index contributed by atoms with van der Waals surface area (Å²) in [4.78, 5) is 4.29. The van der Waals surface area contributed by atoms with Crippen LogP contribution in [0.25, 0.3) is 0 Å². The average Bonchev–Trinajstić information content (AvgIpc) is 2.46. The maximum absolute atomic E-state index is 11.3. The maximum Gasteiger partial charge on any atom is 0.191 e. The fourth-order valence-corrected chi connectivity index (χ4v) is 3.80. The predicted octanol–water partition coefficient (Wildman–Crippen LogP) is 1.82. The van der Waals surface area contributed by atoms with Gasteiger partial charge in [-0.3, -0.25) is 4.99 Å². The van der Waals surface area contributed by atoms with E-state index < -0.39 is 9.84 Å². The zero-order valence-electron chi connectivity index (χ0n) is 15.9. The Bertz CT molecular complexity index is 511. The number of nitrogens with zero attached hydrogens (tertiary/aromatic N) is 1. The van der Waals surface area contributed by atoms with Crippen molar-refractivity contribution in [3.05, 3.63) is 0 Å². The second-order valence-corrected chi connectivity index (χ2v) is 10.2. The molecule has 0 aliphatic heterocycles. The van der Waals surface area contributed by atoms with Gasteiger partial charge in [0.1, 0.15) is 9.84 Å². The van der Waals surface area contributed by atoms with Crippen molar-refractivity contribution in [3.63, 3.8) is 0 Å². The molecule has 1 fully saturated rings. The van der Waals surface area contributed by atoms with Gasteiger partial charge >= 0.3 is 0 Å². The summed E-state index contributed by atoms with van der Waals surface area (Å²) in [6.45, 7) is 6.54. The smallest absolute Gasteiger partial charge is 0.191 e. The molecule has 6 nitrogen and oxygen atoms in total. The number of sulfone groups is 1. The van der Waals surface area contributed by atoms with Crippen LogP contribution in [-0.4, -0.2) is 60.2 Å². The number of methoxy groups -OCH3 is 1. The second kappa shape index (κ2) is 9.04. The number of guanidine groups is 1. The molecule has 0 aromatic rings. The average molecular weight is 362 g/mol. The van der Waals surface area contributed by atoms with Gasteiger partial charge in [0.25, 0.3) is 0 Å². The largest absolute Gasteiger partial charge is 0.385 e. The molecule has 0 radical (unpaired) electrons. The van der Waals surface area contributed by atoms with E-state index in [0.717, 1.165) is 25.5 Å². The van der Waals surface area contributed by atoms with Gasteiger partial charge in [-0.15, -0.1) is 0 Å². The van der Waals surface area contributed by atoms with Crippen LogP contribution in [0.3, 0.4) is 0 Å². The molecule has 1 rings (SSSR count). The third-order valence-corrected chi connectivity index (χ3v) is 5.93. The SMILES string of the molecule is CN=C(NCC(C)(C)CCS(C)(=O)=O)NCC1(CCOC)CCC1. The van der Waals surface area contributed by atoms with Crippen LogP contribution in [0.1, 0.15) is 46.0 Å². The molecule has 0 bridgehead atoms. The molecule has 0 amide bonds. The number of hydrogen-bond donors (Lipinski definition) is 2. The molecule has 0 saturated heterocycles. The van der Waals surface area contributed by atoms with E-state index in [9.17, 15) is 8.42 Å². The Morgan fingerprint density at radius 1 is 1.29 bits per heavy atom. The molecule has 0 unspecified atom stereocenters. The van der Waals surface area contributed by atoms with E-state index in [4.69, 9.17) is 4.74 Å². The quantitative estimate of drug-likeness (QED) is 0.458. The van der Waals surface area contributed by atoms with Crippen molar-refractivity contribution >= 4 is 15.8 Å². The molecule has 24 heavy (non-hydrogen) atoms. The minimum atomic E-state index is -2.92. The van der Waals surface area contributed by atoms with E-state index >= 15 is 0 Å². The van der Waals surface area contributed by atoms with E-state index in [2.05, 4.69) is 29.5 Å². The number of ether oxygens (including phenoxy) is 1. The summed E-state index contributed by atoms with van der Waals surface area (Å²) in [5, 5.41) is 6.77. The van der Waals surface area contributed by atoms with Crippen molar-refractivity contribution in [3.8, 4) is 0 Å². The van der Waals surface area contributed by atoms with Gasteiger partial charge in [0.15, 0.2) is 5.96 Å². The molecule has 0 atom stereocenters. The Balaban J connectivity index is 2.42. The second-order valence-electron chi connectivity index (χ2n) is 7.92. The minimum Gasteiger partial charge on any atom is -0.385 e. The van der Waals surface area contributed by atoms with Gasteiger partial charge in [-0.05, 0) is 36.5 Å². The zero-order chi connectivity index (χ0) is 18.3. The van der Waals surface area contributed by atoms with Crippen molar-refractivity contribution in [1.29, 1.82) is 0 Å². The Hall–Kier alpha value is -0.820. The van der Waals surface area contributed by atoms with E-state index in [-0.39, 0.29) is 11.2 Å². The van der Waals surface area contributed by atoms with Crippen LogP contribution < -0.4 is 10.6 Å². The normalized spacial score (nSPS) is 18.1. The molecule has 0 spiro atoms. The summed E-state index contributed by atoms with van der Waals surface area (Å²) in [7, 11) is 0.593. The van der Waals surface area contributed by atoms with Crippen LogP contribution in [0.15, 0.2) is 4.99 Å². The lowest BCUT2D eigenvalue weighted by atomic mass is 9.67. The summed E-state index contributed by atoms with van der Waals surface area (Å²) < 4.78 is 27.9. The zero-order valence-corrected chi connectivity index (χ0v) is 16.8. The highest BCUT2D eigenvalue weighted by Crippen LogP contribution is 2.43. The van der Waals surface area contributed by atoms with Gasteiger partial charge < -0.3 is 15.4 Å². The molecule has 0 aromatic heterocycles. The summed E-state index contributed by atoms with van der Waals surface area (Å²) in [5.41, 5.74) is 0.227. The first-order valence-corrected chi connectivity index (χ1v) is 10.8. The molecule has 142 valence electrons. The summed E-state index contributed by atoms with van der Waals surface area (Å²) in [5.74, 6) is 1.000. The first kappa shape index (κ1) is 21.2. The van der Waals surface area contributed by atoms with E-state index in [1.807, 2.05) is 0 Å². The summed E-state index contributed by atoms with van der Waals surface area (Å²) in [6, 6.07) is 0. The molecule has 2 N–H and O–H groups in total. The van der Waals surface area contributed by atoms with E-state index in [1.54, 1.807) is 14.2 Å². The lowest BCUT2D eigenvalue weighted by Crippen LogP contribution is -2.48. The van der Waals surface area contributed by atoms with Gasteiger partial charge in [0.05, 0.1) is 5.75 Å². The monoisotopic (exact) mass is 361 g/mol. The molecular formula is C17H35N3O3S. The maximum atomic E-state index is 11.3. The van der Waals surface area contributed by atoms with Gasteiger partial charge in [0, 0.05) is 40.1 Å². The molecular weight excluding hydrogens is 326 g/mol. The van der Waals surface area contributed by atoms with Gasteiger partial charge in [-0.1, -0.05) is 20.3 Å². The van der Waals surface area contributed by atoms with Crippen LogP contribution >= 0.6 is 0 Å². The predicted molar refractivity (Wildman–Crippen MR) is 100 cm³/mol. The van der Waals surface area contributed by atoms with Crippen molar-refractivity contribution in [1.82, 2.24) is 10.6 Å². The van der Waals surface area contributed by atoms with Crippen molar-refractivity contribution in [2.75, 3.05) is 45.9 Å². The highest BCUT2D eigenvalue weighted by Gasteiger charge is 2.36. The Morgan fingerprint density at radius 2 is 1.96 bits per heavy atom. The first-order chi connectivity index (χ1) is 11.1.